The van der Waals surface area contributed by atoms with Crippen molar-refractivity contribution in [2.45, 2.75) is 70.6 Å². The monoisotopic (exact) mass is 336 g/mol. The first-order valence-corrected chi connectivity index (χ1v) is 8.52. The molecule has 1 N–H and O–H groups in total. The second kappa shape index (κ2) is 8.10. The lowest BCUT2D eigenvalue weighted by Gasteiger charge is -2.40. The zero-order valence-electron chi connectivity index (χ0n) is 15.0. The highest BCUT2D eigenvalue weighted by Gasteiger charge is 2.35. The molecule has 5 heteroatoms. The lowest BCUT2D eigenvalue weighted by molar-refractivity contribution is -0.299. The number of ether oxygens (including phenoxy) is 3. The molecule has 1 aromatic carbocycles. The van der Waals surface area contributed by atoms with Crippen LogP contribution in [0, 0.1) is 0 Å². The largest absolute Gasteiger partial charge is 0.497 e. The van der Waals surface area contributed by atoms with Crippen LogP contribution in [-0.4, -0.2) is 36.0 Å². The van der Waals surface area contributed by atoms with E-state index >= 15 is 0 Å². The van der Waals surface area contributed by atoms with Gasteiger partial charge in [-0.15, -0.1) is 0 Å². The lowest BCUT2D eigenvalue weighted by Crippen LogP contribution is -2.45. The second-order valence-corrected chi connectivity index (χ2v) is 6.76. The fourth-order valence-corrected chi connectivity index (χ4v) is 3.09. The van der Waals surface area contributed by atoms with Gasteiger partial charge in [-0.25, -0.2) is 0 Å². The van der Waals surface area contributed by atoms with Crippen LogP contribution in [0.3, 0.4) is 0 Å². The number of aliphatic hydroxyl groups is 1. The minimum Gasteiger partial charge on any atom is -0.497 e. The Labute approximate surface area is 143 Å². The van der Waals surface area contributed by atoms with Crippen LogP contribution in [0.15, 0.2) is 24.3 Å². The number of carbonyl (C=O) groups excluding carboxylic acids is 1. The van der Waals surface area contributed by atoms with E-state index in [1.807, 2.05) is 13.8 Å². The van der Waals surface area contributed by atoms with Gasteiger partial charge in [-0.3, -0.25) is 4.79 Å². The zero-order chi connectivity index (χ0) is 17.7. The van der Waals surface area contributed by atoms with E-state index < -0.39 is 11.9 Å². The van der Waals surface area contributed by atoms with E-state index in [0.29, 0.717) is 18.4 Å². The Bertz CT molecular complexity index is 537. The molecule has 1 aliphatic heterocycles. The molecule has 0 amide bonds. The van der Waals surface area contributed by atoms with Gasteiger partial charge >= 0.3 is 0 Å². The van der Waals surface area contributed by atoms with Gasteiger partial charge in [0, 0.05) is 19.3 Å². The molecule has 0 aromatic heterocycles. The third kappa shape index (κ3) is 5.30. The Hall–Kier alpha value is -1.43. The van der Waals surface area contributed by atoms with Gasteiger partial charge in [0.05, 0.1) is 25.4 Å². The van der Waals surface area contributed by atoms with E-state index in [0.717, 1.165) is 12.2 Å². The Kier molecular flexibility index (Phi) is 6.38. The molecule has 2 rings (SSSR count). The van der Waals surface area contributed by atoms with Gasteiger partial charge in [-0.2, -0.15) is 0 Å². The summed E-state index contributed by atoms with van der Waals surface area (Å²) in [6, 6.07) is 7.11. The standard InChI is InChI=1S/C19H28O5/c1-5-15-12-17(24-19(2,3)23-15)10-14(20)11-18(21)13-6-8-16(22-4)9-7-13/h6-9,15,17-18,21H,5,10-12H2,1-4H3/t15-,17-,18-/m1/s1. The van der Waals surface area contributed by atoms with E-state index in [1.54, 1.807) is 31.4 Å². The molecular formula is C19H28O5. The van der Waals surface area contributed by atoms with Crippen molar-refractivity contribution in [2.24, 2.45) is 0 Å². The van der Waals surface area contributed by atoms with Crippen LogP contribution in [-0.2, 0) is 14.3 Å². The van der Waals surface area contributed by atoms with Crippen molar-refractivity contribution in [2.75, 3.05) is 7.11 Å². The van der Waals surface area contributed by atoms with Crippen molar-refractivity contribution in [3.8, 4) is 5.75 Å². The molecule has 0 saturated carbocycles. The first kappa shape index (κ1) is 18.9. The molecule has 0 unspecified atom stereocenters. The summed E-state index contributed by atoms with van der Waals surface area (Å²) in [5.41, 5.74) is 0.712. The van der Waals surface area contributed by atoms with Crippen molar-refractivity contribution in [1.29, 1.82) is 0 Å². The Morgan fingerprint density at radius 2 is 1.92 bits per heavy atom. The van der Waals surface area contributed by atoms with Crippen molar-refractivity contribution in [3.63, 3.8) is 0 Å². The number of hydrogen-bond donors (Lipinski definition) is 1. The molecule has 0 spiro atoms. The number of carbonyl (C=O) groups is 1. The highest BCUT2D eigenvalue weighted by molar-refractivity contribution is 5.79. The molecule has 1 fully saturated rings. The van der Waals surface area contributed by atoms with Crippen LogP contribution < -0.4 is 4.74 Å². The fraction of sp³-hybridized carbons (Fsp3) is 0.632. The fourth-order valence-electron chi connectivity index (χ4n) is 3.09. The molecular weight excluding hydrogens is 308 g/mol. The van der Waals surface area contributed by atoms with Gasteiger partial charge < -0.3 is 19.3 Å². The van der Waals surface area contributed by atoms with Gasteiger partial charge in [0.25, 0.3) is 0 Å². The summed E-state index contributed by atoms with van der Waals surface area (Å²) in [5.74, 6) is 0.0509. The van der Waals surface area contributed by atoms with Crippen LogP contribution in [0.25, 0.3) is 0 Å². The molecule has 5 nitrogen and oxygen atoms in total. The number of hydrogen-bond acceptors (Lipinski definition) is 5. The predicted molar refractivity (Wildman–Crippen MR) is 90.9 cm³/mol. The maximum absolute atomic E-state index is 12.3. The topological polar surface area (TPSA) is 65.0 Å². The highest BCUT2D eigenvalue weighted by atomic mass is 16.7. The summed E-state index contributed by atoms with van der Waals surface area (Å²) < 4.78 is 16.8. The van der Waals surface area contributed by atoms with E-state index in [4.69, 9.17) is 14.2 Å². The zero-order valence-corrected chi connectivity index (χ0v) is 15.0. The number of benzene rings is 1. The van der Waals surface area contributed by atoms with Gasteiger partial charge in [0.1, 0.15) is 11.5 Å². The Morgan fingerprint density at radius 1 is 1.29 bits per heavy atom. The SMILES string of the molecule is CC[C@@H]1C[C@@H](CC(=O)C[C@@H](O)c2ccc(OC)cc2)OC(C)(C)O1. The van der Waals surface area contributed by atoms with Crippen LogP contribution in [0.5, 0.6) is 5.75 Å². The summed E-state index contributed by atoms with van der Waals surface area (Å²) in [4.78, 5) is 12.3. The highest BCUT2D eigenvalue weighted by Crippen LogP contribution is 2.30. The molecule has 24 heavy (non-hydrogen) atoms. The molecule has 1 heterocycles. The second-order valence-electron chi connectivity index (χ2n) is 6.76. The maximum Gasteiger partial charge on any atom is 0.163 e. The van der Waals surface area contributed by atoms with E-state index in [1.165, 1.54) is 0 Å². The van der Waals surface area contributed by atoms with Crippen LogP contribution in [0.1, 0.15) is 58.1 Å². The summed E-state index contributed by atoms with van der Waals surface area (Å²) in [6.07, 6.45) is 1.14. The first-order chi connectivity index (χ1) is 11.3. The van der Waals surface area contributed by atoms with E-state index in [-0.39, 0.29) is 24.4 Å². The van der Waals surface area contributed by atoms with Gasteiger partial charge in [-0.05, 0) is 38.0 Å². The molecule has 1 aliphatic rings. The van der Waals surface area contributed by atoms with E-state index in [9.17, 15) is 9.90 Å². The minimum atomic E-state index is -0.807. The normalized spacial score (nSPS) is 24.4. The number of methoxy groups -OCH3 is 1. The maximum atomic E-state index is 12.3. The minimum absolute atomic E-state index is 0.00382. The van der Waals surface area contributed by atoms with Gasteiger partial charge in [-0.1, -0.05) is 19.1 Å². The number of Topliss-reactive ketones (excluding diaryl/α,β-unsaturated/α-hetero) is 1. The molecule has 3 atom stereocenters. The molecule has 1 saturated heterocycles. The van der Waals surface area contributed by atoms with Crippen molar-refractivity contribution in [1.82, 2.24) is 0 Å². The summed E-state index contributed by atoms with van der Waals surface area (Å²) in [7, 11) is 1.59. The smallest absolute Gasteiger partial charge is 0.163 e. The molecule has 1 aromatic rings. The molecule has 0 radical (unpaired) electrons. The molecule has 0 bridgehead atoms. The third-order valence-corrected chi connectivity index (χ3v) is 4.26. The first-order valence-electron chi connectivity index (χ1n) is 8.52. The molecule has 134 valence electrons. The summed E-state index contributed by atoms with van der Waals surface area (Å²) in [6.45, 7) is 5.81. The summed E-state index contributed by atoms with van der Waals surface area (Å²) >= 11 is 0. The summed E-state index contributed by atoms with van der Waals surface area (Å²) in [5, 5.41) is 10.3. The van der Waals surface area contributed by atoms with Crippen molar-refractivity contribution in [3.05, 3.63) is 29.8 Å². The number of rotatable bonds is 7. The lowest BCUT2D eigenvalue weighted by atomic mass is 9.97. The quantitative estimate of drug-likeness (QED) is 0.827. The Balaban J connectivity index is 1.89. The third-order valence-electron chi connectivity index (χ3n) is 4.26. The average Bonchev–Trinajstić information content (AvgIpc) is 2.53. The van der Waals surface area contributed by atoms with Crippen molar-refractivity contribution < 1.29 is 24.1 Å². The Morgan fingerprint density at radius 3 is 2.50 bits per heavy atom. The van der Waals surface area contributed by atoms with Crippen LogP contribution in [0.4, 0.5) is 0 Å². The van der Waals surface area contributed by atoms with Crippen molar-refractivity contribution >= 4 is 5.78 Å². The van der Waals surface area contributed by atoms with Gasteiger partial charge in [0.2, 0.25) is 0 Å². The van der Waals surface area contributed by atoms with Crippen LogP contribution in [0.2, 0.25) is 0 Å². The predicted octanol–water partition coefficient (Wildman–Crippen LogP) is 3.40. The number of ketones is 1. The average molecular weight is 336 g/mol. The number of aliphatic hydroxyl groups excluding tert-OH is 1. The van der Waals surface area contributed by atoms with Gasteiger partial charge in [0.15, 0.2) is 5.79 Å². The van der Waals surface area contributed by atoms with E-state index in [2.05, 4.69) is 6.92 Å². The molecule has 0 aliphatic carbocycles. The van der Waals surface area contributed by atoms with Crippen LogP contribution >= 0.6 is 0 Å².